The lowest BCUT2D eigenvalue weighted by Crippen LogP contribution is -2.73. The molecule has 4 atom stereocenters. The molecule has 3 aliphatic heterocycles. The van der Waals surface area contributed by atoms with Gasteiger partial charge in [-0.3, -0.25) is 5.41 Å². The van der Waals surface area contributed by atoms with Gasteiger partial charge in [0.2, 0.25) is 11.7 Å². The van der Waals surface area contributed by atoms with Gasteiger partial charge in [0.05, 0.1) is 31.2 Å². The van der Waals surface area contributed by atoms with Crippen molar-refractivity contribution in [3.63, 3.8) is 0 Å². The van der Waals surface area contributed by atoms with Gasteiger partial charge in [-0.05, 0) is 18.9 Å². The Hall–Kier alpha value is -3.08. The predicted molar refractivity (Wildman–Crippen MR) is 92.0 cm³/mol. The van der Waals surface area contributed by atoms with Gasteiger partial charge >= 0.3 is 0 Å². The SMILES string of the molecule is COc1ccccc1C1OC23CCCCC2C(C#N)(C#N)C1(C#N)C(=N)O3. The van der Waals surface area contributed by atoms with E-state index in [-0.39, 0.29) is 5.90 Å². The molecule has 7 nitrogen and oxygen atoms in total. The fraction of sp³-hybridized carbons (Fsp3) is 0.500. The maximum Gasteiger partial charge on any atom is 0.218 e. The Morgan fingerprint density at radius 3 is 2.56 bits per heavy atom. The molecule has 136 valence electrons. The Morgan fingerprint density at radius 2 is 1.89 bits per heavy atom. The van der Waals surface area contributed by atoms with Crippen molar-refractivity contribution in [3.05, 3.63) is 29.8 Å². The van der Waals surface area contributed by atoms with Crippen molar-refractivity contribution in [1.29, 1.82) is 21.2 Å². The molecular formula is C20H18N4O3. The maximum absolute atomic E-state index is 10.2. The first-order chi connectivity index (χ1) is 13.0. The number of fused-ring (bicyclic) bond motifs is 2. The van der Waals surface area contributed by atoms with Crippen molar-refractivity contribution in [2.24, 2.45) is 16.7 Å². The zero-order chi connectivity index (χ0) is 19.3. The molecule has 1 spiro atoms. The summed E-state index contributed by atoms with van der Waals surface area (Å²) < 4.78 is 17.6. The van der Waals surface area contributed by atoms with E-state index in [1.54, 1.807) is 24.3 Å². The minimum Gasteiger partial charge on any atom is -0.496 e. The number of nitriles is 3. The molecule has 0 radical (unpaired) electrons. The zero-order valence-corrected chi connectivity index (χ0v) is 14.9. The Bertz CT molecular complexity index is 926. The molecule has 1 aliphatic carbocycles. The van der Waals surface area contributed by atoms with Crippen LogP contribution in [0.25, 0.3) is 0 Å². The molecule has 2 bridgehead atoms. The largest absolute Gasteiger partial charge is 0.496 e. The summed E-state index contributed by atoms with van der Waals surface area (Å²) in [6, 6.07) is 13.4. The third-order valence-electron chi connectivity index (χ3n) is 6.24. The molecule has 3 heterocycles. The van der Waals surface area contributed by atoms with Crippen molar-refractivity contribution in [1.82, 2.24) is 0 Å². The molecule has 0 aromatic heterocycles. The van der Waals surface area contributed by atoms with Gasteiger partial charge in [0.15, 0.2) is 10.8 Å². The third-order valence-corrected chi connectivity index (χ3v) is 6.24. The van der Waals surface area contributed by atoms with Crippen molar-refractivity contribution >= 4 is 5.90 Å². The molecule has 4 unspecified atom stereocenters. The molecule has 4 aliphatic rings. The first-order valence-electron chi connectivity index (χ1n) is 8.88. The van der Waals surface area contributed by atoms with E-state index < -0.39 is 28.6 Å². The van der Waals surface area contributed by atoms with Crippen LogP contribution in [-0.2, 0) is 9.47 Å². The Balaban J connectivity index is 2.03. The minimum atomic E-state index is -1.87. The average Bonchev–Trinajstić information content (AvgIpc) is 2.71. The lowest BCUT2D eigenvalue weighted by atomic mass is 9.48. The topological polar surface area (TPSA) is 123 Å². The van der Waals surface area contributed by atoms with E-state index in [2.05, 4.69) is 18.2 Å². The van der Waals surface area contributed by atoms with Gasteiger partial charge in [-0.1, -0.05) is 24.6 Å². The van der Waals surface area contributed by atoms with Crippen LogP contribution in [0.3, 0.4) is 0 Å². The normalized spacial score (nSPS) is 35.7. The van der Waals surface area contributed by atoms with E-state index in [0.29, 0.717) is 24.2 Å². The molecule has 4 fully saturated rings. The number of ether oxygens (including phenoxy) is 3. The third kappa shape index (κ3) is 1.84. The molecule has 1 N–H and O–H groups in total. The summed E-state index contributed by atoms with van der Waals surface area (Å²) in [4.78, 5) is 0. The molecule has 0 amide bonds. The molecule has 1 aromatic rings. The lowest BCUT2D eigenvalue weighted by molar-refractivity contribution is -0.360. The van der Waals surface area contributed by atoms with E-state index in [4.69, 9.17) is 19.6 Å². The van der Waals surface area contributed by atoms with Crippen LogP contribution in [0.5, 0.6) is 5.75 Å². The van der Waals surface area contributed by atoms with Gasteiger partial charge in [-0.2, -0.15) is 15.8 Å². The predicted octanol–water partition coefficient (Wildman–Crippen LogP) is 3.20. The highest BCUT2D eigenvalue weighted by molar-refractivity contribution is 5.89. The number of para-hydroxylation sites is 1. The van der Waals surface area contributed by atoms with Gasteiger partial charge in [0.25, 0.3) is 0 Å². The minimum absolute atomic E-state index is 0.367. The molecule has 7 heteroatoms. The summed E-state index contributed by atoms with van der Waals surface area (Å²) in [6.45, 7) is 0. The molecular weight excluding hydrogens is 344 g/mol. The number of benzene rings is 1. The number of rotatable bonds is 2. The number of hydrogen-bond acceptors (Lipinski definition) is 7. The molecule has 3 saturated heterocycles. The molecule has 5 rings (SSSR count). The van der Waals surface area contributed by atoms with Gasteiger partial charge in [0.1, 0.15) is 11.9 Å². The second-order valence-corrected chi connectivity index (χ2v) is 7.23. The highest BCUT2D eigenvalue weighted by Crippen LogP contribution is 2.69. The highest BCUT2D eigenvalue weighted by Gasteiger charge is 2.80. The van der Waals surface area contributed by atoms with E-state index in [1.807, 2.05) is 0 Å². The summed E-state index contributed by atoms with van der Waals surface area (Å²) in [5.74, 6) is -1.72. The number of methoxy groups -OCH3 is 1. The Morgan fingerprint density at radius 1 is 1.15 bits per heavy atom. The zero-order valence-electron chi connectivity index (χ0n) is 14.9. The fourth-order valence-electron chi connectivity index (χ4n) is 5.00. The monoisotopic (exact) mass is 362 g/mol. The van der Waals surface area contributed by atoms with E-state index in [1.165, 1.54) is 7.11 Å². The standard InChI is InChI=1S/C20H18N4O3/c1-25-14-7-3-2-6-13(14)16-19(12-23)17(24)27-20(26-16)9-5-4-8-15(20)18(19,10-21)11-22/h2-3,6-7,15-16,24H,4-5,8-9H2,1H3. The Kier molecular flexibility index (Phi) is 3.67. The summed E-state index contributed by atoms with van der Waals surface area (Å²) in [5.41, 5.74) is -3.07. The summed E-state index contributed by atoms with van der Waals surface area (Å²) in [5, 5.41) is 39.1. The quantitative estimate of drug-likeness (QED) is 0.861. The van der Waals surface area contributed by atoms with Crippen molar-refractivity contribution < 1.29 is 14.2 Å². The summed E-state index contributed by atoms with van der Waals surface area (Å²) in [7, 11) is 1.50. The van der Waals surface area contributed by atoms with Gasteiger partial charge < -0.3 is 14.2 Å². The molecule has 1 saturated carbocycles. The number of hydrogen-bond donors (Lipinski definition) is 1. The summed E-state index contributed by atoms with van der Waals surface area (Å²) >= 11 is 0. The highest BCUT2D eigenvalue weighted by atomic mass is 16.7. The first kappa shape index (κ1) is 17.3. The van der Waals surface area contributed by atoms with Crippen LogP contribution < -0.4 is 4.74 Å². The van der Waals surface area contributed by atoms with Crippen LogP contribution in [0.2, 0.25) is 0 Å². The van der Waals surface area contributed by atoms with E-state index >= 15 is 0 Å². The smallest absolute Gasteiger partial charge is 0.218 e. The van der Waals surface area contributed by atoms with Crippen LogP contribution in [0.4, 0.5) is 0 Å². The van der Waals surface area contributed by atoms with Crippen LogP contribution in [0.1, 0.15) is 37.4 Å². The fourth-order valence-corrected chi connectivity index (χ4v) is 5.00. The van der Waals surface area contributed by atoms with Crippen LogP contribution >= 0.6 is 0 Å². The van der Waals surface area contributed by atoms with E-state index in [0.717, 1.165) is 12.8 Å². The van der Waals surface area contributed by atoms with Crippen molar-refractivity contribution in [2.45, 2.75) is 37.6 Å². The summed E-state index contributed by atoms with van der Waals surface area (Å²) in [6.07, 6.45) is 1.62. The van der Waals surface area contributed by atoms with Gasteiger partial charge in [0, 0.05) is 12.0 Å². The van der Waals surface area contributed by atoms with E-state index in [9.17, 15) is 15.8 Å². The lowest BCUT2D eigenvalue weighted by Gasteiger charge is -2.63. The maximum atomic E-state index is 10.2. The van der Waals surface area contributed by atoms with Crippen molar-refractivity contribution in [3.8, 4) is 24.0 Å². The molecule has 1 aromatic carbocycles. The average molecular weight is 362 g/mol. The Labute approximate surface area is 157 Å². The van der Waals surface area contributed by atoms with Gasteiger partial charge in [-0.25, -0.2) is 0 Å². The first-order valence-corrected chi connectivity index (χ1v) is 8.88. The van der Waals surface area contributed by atoms with Crippen LogP contribution in [-0.4, -0.2) is 18.8 Å². The van der Waals surface area contributed by atoms with Crippen LogP contribution in [0.15, 0.2) is 24.3 Å². The van der Waals surface area contributed by atoms with Crippen LogP contribution in [0, 0.1) is 56.2 Å². The van der Waals surface area contributed by atoms with Gasteiger partial charge in [-0.15, -0.1) is 0 Å². The second kappa shape index (κ2) is 5.71. The van der Waals surface area contributed by atoms with Crippen molar-refractivity contribution in [2.75, 3.05) is 7.11 Å². The number of nitrogens with one attached hydrogen (secondary N) is 1. The second-order valence-electron chi connectivity index (χ2n) is 7.23. The molecule has 27 heavy (non-hydrogen) atoms. The number of nitrogens with zero attached hydrogens (tertiary/aromatic N) is 3.